The van der Waals surface area contributed by atoms with E-state index in [1.54, 1.807) is 0 Å². The van der Waals surface area contributed by atoms with Crippen molar-refractivity contribution in [3.8, 4) is 0 Å². The molecule has 8 N–H and O–H groups in total. The van der Waals surface area contributed by atoms with E-state index in [4.69, 9.17) is 15.9 Å². The minimum atomic E-state index is -1.36. The number of carboxylic acids is 2. The summed E-state index contributed by atoms with van der Waals surface area (Å²) in [6.45, 7) is -1.12. The van der Waals surface area contributed by atoms with E-state index >= 15 is 0 Å². The highest BCUT2D eigenvalue weighted by atomic mass is 16.4. The maximum atomic E-state index is 12.3. The quantitative estimate of drug-likeness (QED) is 0.201. The van der Waals surface area contributed by atoms with Crippen LogP contribution in [0.5, 0.6) is 0 Å². The van der Waals surface area contributed by atoms with Gasteiger partial charge in [0.1, 0.15) is 12.6 Å². The van der Waals surface area contributed by atoms with Crippen LogP contribution in [0, 0.1) is 0 Å². The van der Waals surface area contributed by atoms with Crippen LogP contribution in [0.4, 0.5) is 0 Å². The third-order valence-corrected chi connectivity index (χ3v) is 3.20. The molecule has 3 amide bonds. The molecule has 0 aliphatic rings. The molecule has 0 aliphatic carbocycles. The number of carboxylic acid groups (broad SMARTS) is 2. The van der Waals surface area contributed by atoms with Crippen LogP contribution in [0.1, 0.15) is 12.1 Å². The van der Waals surface area contributed by atoms with Gasteiger partial charge < -0.3 is 36.9 Å². The number of H-pyrrole nitrogens is 1. The highest BCUT2D eigenvalue weighted by Crippen LogP contribution is 2.00. The molecule has 0 spiro atoms. The smallest absolute Gasteiger partial charge is 0.322 e. The highest BCUT2D eigenvalue weighted by Gasteiger charge is 2.26. The number of hydrogen-bond donors (Lipinski definition) is 7. The van der Waals surface area contributed by atoms with Crippen LogP contribution in [0.3, 0.4) is 0 Å². The van der Waals surface area contributed by atoms with Crippen LogP contribution < -0.4 is 21.7 Å². The number of aromatic amines is 1. The molecule has 0 saturated heterocycles. The number of carbonyl (C=O) groups excluding carboxylic acids is 3. The van der Waals surface area contributed by atoms with Crippen molar-refractivity contribution < 1.29 is 34.2 Å². The number of aliphatic carboxylic acids is 2. The van der Waals surface area contributed by atoms with E-state index in [1.807, 2.05) is 0 Å². The molecule has 0 radical (unpaired) electrons. The molecule has 0 bridgehead atoms. The molecule has 2 unspecified atom stereocenters. The van der Waals surface area contributed by atoms with E-state index in [-0.39, 0.29) is 6.42 Å². The van der Waals surface area contributed by atoms with Gasteiger partial charge in [0.15, 0.2) is 0 Å². The summed E-state index contributed by atoms with van der Waals surface area (Å²) in [5.41, 5.74) is 5.96. The molecular formula is C14H20N6O7. The summed E-state index contributed by atoms with van der Waals surface area (Å²) in [6, 6.07) is -2.52. The number of nitrogens with zero attached hydrogens (tertiary/aromatic N) is 1. The highest BCUT2D eigenvalue weighted by molar-refractivity contribution is 5.93. The first kappa shape index (κ1) is 21.6. The Morgan fingerprint density at radius 1 is 1.07 bits per heavy atom. The Labute approximate surface area is 152 Å². The number of rotatable bonds is 11. The minimum Gasteiger partial charge on any atom is -0.481 e. The molecule has 0 aromatic carbocycles. The van der Waals surface area contributed by atoms with Gasteiger partial charge in [0.05, 0.1) is 25.3 Å². The van der Waals surface area contributed by atoms with Crippen molar-refractivity contribution in [3.63, 3.8) is 0 Å². The van der Waals surface area contributed by atoms with Crippen LogP contribution in [0.25, 0.3) is 0 Å². The first-order valence-corrected chi connectivity index (χ1v) is 7.70. The fourth-order valence-electron chi connectivity index (χ4n) is 1.91. The van der Waals surface area contributed by atoms with Gasteiger partial charge in [0, 0.05) is 18.3 Å². The summed E-state index contributed by atoms with van der Waals surface area (Å²) in [6.07, 6.45) is 2.14. The monoisotopic (exact) mass is 384 g/mol. The predicted molar refractivity (Wildman–Crippen MR) is 88.1 cm³/mol. The van der Waals surface area contributed by atoms with E-state index in [9.17, 15) is 24.0 Å². The van der Waals surface area contributed by atoms with Gasteiger partial charge in [0.2, 0.25) is 17.7 Å². The molecule has 0 aliphatic heterocycles. The van der Waals surface area contributed by atoms with Gasteiger partial charge >= 0.3 is 11.9 Å². The molecule has 1 rings (SSSR count). The van der Waals surface area contributed by atoms with Crippen LogP contribution in [0.15, 0.2) is 12.5 Å². The van der Waals surface area contributed by atoms with Crippen LogP contribution in [-0.4, -0.2) is 75.0 Å². The number of imidazole rings is 1. The van der Waals surface area contributed by atoms with Gasteiger partial charge in [-0.1, -0.05) is 0 Å². The Bertz CT molecular complexity index is 690. The van der Waals surface area contributed by atoms with E-state index in [0.29, 0.717) is 5.69 Å². The molecule has 2 atom stereocenters. The topological polar surface area (TPSA) is 217 Å². The summed E-state index contributed by atoms with van der Waals surface area (Å²) in [7, 11) is 0. The third-order valence-electron chi connectivity index (χ3n) is 3.20. The first-order valence-electron chi connectivity index (χ1n) is 7.70. The zero-order valence-corrected chi connectivity index (χ0v) is 14.1. The lowest BCUT2D eigenvalue weighted by Gasteiger charge is -2.19. The molecule has 13 nitrogen and oxygen atoms in total. The summed E-state index contributed by atoms with van der Waals surface area (Å²) in [4.78, 5) is 63.3. The number of amides is 3. The summed E-state index contributed by atoms with van der Waals surface area (Å²) >= 11 is 0. The summed E-state index contributed by atoms with van der Waals surface area (Å²) < 4.78 is 0. The minimum absolute atomic E-state index is 0.0197. The van der Waals surface area contributed by atoms with E-state index < -0.39 is 61.3 Å². The molecule has 13 heteroatoms. The standard InChI is InChI=1S/C14H20N6O7/c15-8(2-11(22)23)13(26)20-9(1-7-3-16-6-19-7)14(27)18-4-10(21)17-5-12(24)25/h3,6,8-9H,1-2,4-5,15H2,(H,16,19)(H,17,21)(H,18,27)(H,20,26)(H,22,23)(H,24,25). The Kier molecular flexibility index (Phi) is 8.38. The van der Waals surface area contributed by atoms with Gasteiger partial charge in [-0.3, -0.25) is 24.0 Å². The van der Waals surface area contributed by atoms with Gasteiger partial charge in [-0.15, -0.1) is 0 Å². The second kappa shape index (κ2) is 10.5. The number of hydrogen-bond acceptors (Lipinski definition) is 7. The molecule has 1 aromatic heterocycles. The number of nitrogens with two attached hydrogens (primary N) is 1. The fraction of sp³-hybridized carbons (Fsp3) is 0.429. The van der Waals surface area contributed by atoms with Crippen molar-refractivity contribution in [2.24, 2.45) is 5.73 Å². The summed E-state index contributed by atoms with van der Waals surface area (Å²) in [5, 5.41) is 23.8. The summed E-state index contributed by atoms with van der Waals surface area (Å²) in [5.74, 6) is -4.85. The molecule has 148 valence electrons. The zero-order chi connectivity index (χ0) is 20.4. The molecule has 1 heterocycles. The zero-order valence-electron chi connectivity index (χ0n) is 14.1. The van der Waals surface area contributed by atoms with E-state index in [0.717, 1.165) is 0 Å². The van der Waals surface area contributed by atoms with Gasteiger partial charge in [0.25, 0.3) is 0 Å². The molecule has 0 fully saturated rings. The lowest BCUT2D eigenvalue weighted by atomic mass is 10.1. The number of nitrogens with one attached hydrogen (secondary N) is 4. The van der Waals surface area contributed by atoms with Crippen molar-refractivity contribution in [1.82, 2.24) is 25.9 Å². The molecular weight excluding hydrogens is 364 g/mol. The molecule has 27 heavy (non-hydrogen) atoms. The number of carbonyl (C=O) groups is 5. The van der Waals surface area contributed by atoms with Crippen molar-refractivity contribution in [3.05, 3.63) is 18.2 Å². The van der Waals surface area contributed by atoms with Gasteiger partial charge in [-0.2, -0.15) is 0 Å². The molecule has 0 saturated carbocycles. The lowest BCUT2D eigenvalue weighted by molar-refractivity contribution is -0.139. The molecule has 1 aromatic rings. The van der Waals surface area contributed by atoms with E-state index in [1.165, 1.54) is 12.5 Å². The Morgan fingerprint density at radius 2 is 1.78 bits per heavy atom. The average molecular weight is 384 g/mol. The first-order chi connectivity index (χ1) is 12.7. The third kappa shape index (κ3) is 8.44. The van der Waals surface area contributed by atoms with Crippen molar-refractivity contribution in [2.75, 3.05) is 13.1 Å². The van der Waals surface area contributed by atoms with Crippen LogP contribution in [-0.2, 0) is 30.4 Å². The van der Waals surface area contributed by atoms with Crippen molar-refractivity contribution in [1.29, 1.82) is 0 Å². The number of aromatic nitrogens is 2. The SMILES string of the molecule is NC(CC(=O)O)C(=O)NC(Cc1cnc[nH]1)C(=O)NCC(=O)NCC(=O)O. The maximum absolute atomic E-state index is 12.3. The average Bonchev–Trinajstić information content (AvgIpc) is 3.09. The Hall–Kier alpha value is -3.48. The Morgan fingerprint density at radius 3 is 2.33 bits per heavy atom. The van der Waals surface area contributed by atoms with Crippen LogP contribution in [0.2, 0.25) is 0 Å². The lowest BCUT2D eigenvalue weighted by Crippen LogP contribution is -2.54. The second-order valence-corrected chi connectivity index (χ2v) is 5.43. The second-order valence-electron chi connectivity index (χ2n) is 5.43. The predicted octanol–water partition coefficient (Wildman–Crippen LogP) is -3.44. The van der Waals surface area contributed by atoms with Crippen LogP contribution >= 0.6 is 0 Å². The maximum Gasteiger partial charge on any atom is 0.322 e. The van der Waals surface area contributed by atoms with Gasteiger partial charge in [-0.05, 0) is 0 Å². The normalized spacial score (nSPS) is 12.5. The largest absolute Gasteiger partial charge is 0.481 e. The van der Waals surface area contributed by atoms with E-state index in [2.05, 4.69) is 25.9 Å². The fourth-order valence-corrected chi connectivity index (χ4v) is 1.91. The van der Waals surface area contributed by atoms with Gasteiger partial charge in [-0.25, -0.2) is 4.98 Å². The Balaban J connectivity index is 2.68. The van der Waals surface area contributed by atoms with Crippen molar-refractivity contribution >= 4 is 29.7 Å². The van der Waals surface area contributed by atoms with Crippen molar-refractivity contribution in [2.45, 2.75) is 24.9 Å².